The zero-order chi connectivity index (χ0) is 18.4. The van der Waals surface area contributed by atoms with E-state index in [1.54, 1.807) is 6.92 Å². The van der Waals surface area contributed by atoms with E-state index in [9.17, 15) is 10.1 Å². The van der Waals surface area contributed by atoms with Crippen molar-refractivity contribution in [2.24, 2.45) is 13.0 Å². The maximum atomic E-state index is 12.2. The van der Waals surface area contributed by atoms with Gasteiger partial charge in [0.15, 0.2) is 5.16 Å². The first kappa shape index (κ1) is 19.0. The molecule has 0 unspecified atom stereocenters. The molecule has 0 aliphatic carbocycles. The topological polar surface area (TPSA) is 83.6 Å². The van der Waals surface area contributed by atoms with Gasteiger partial charge >= 0.3 is 0 Å². The molecule has 0 saturated heterocycles. The van der Waals surface area contributed by atoms with Crippen LogP contribution in [0, 0.1) is 17.2 Å². The molecule has 2 aromatic rings. The van der Waals surface area contributed by atoms with Crippen molar-refractivity contribution in [1.82, 2.24) is 20.1 Å². The van der Waals surface area contributed by atoms with Crippen LogP contribution in [0.25, 0.3) is 0 Å². The van der Waals surface area contributed by atoms with Crippen molar-refractivity contribution >= 4 is 17.7 Å². The molecule has 1 aromatic heterocycles. The lowest BCUT2D eigenvalue weighted by Gasteiger charge is -2.27. The van der Waals surface area contributed by atoms with Crippen molar-refractivity contribution in [3.05, 3.63) is 41.7 Å². The Hall–Kier alpha value is -2.33. The number of carbonyl (C=O) groups excluding carboxylic acids is 1. The van der Waals surface area contributed by atoms with Crippen molar-refractivity contribution < 1.29 is 4.79 Å². The lowest BCUT2D eigenvalue weighted by Crippen LogP contribution is -2.49. The van der Waals surface area contributed by atoms with Crippen LogP contribution in [0.1, 0.15) is 32.2 Å². The second kappa shape index (κ2) is 8.17. The predicted octanol–water partition coefficient (Wildman–Crippen LogP) is 2.55. The van der Waals surface area contributed by atoms with Gasteiger partial charge in [-0.2, -0.15) is 5.26 Å². The van der Waals surface area contributed by atoms with Crippen LogP contribution in [0.15, 0.2) is 35.5 Å². The number of nitriles is 1. The maximum absolute atomic E-state index is 12.2. The number of rotatable bonds is 7. The van der Waals surface area contributed by atoms with Crippen LogP contribution in [0.3, 0.4) is 0 Å². The Morgan fingerprint density at radius 3 is 2.64 bits per heavy atom. The largest absolute Gasteiger partial charge is 0.337 e. The van der Waals surface area contributed by atoms with Crippen LogP contribution in [0.2, 0.25) is 0 Å². The molecular formula is C18H23N5OS. The molecule has 7 heteroatoms. The number of nitrogens with zero attached hydrogens (tertiary/aromatic N) is 4. The van der Waals surface area contributed by atoms with E-state index in [0.29, 0.717) is 11.6 Å². The van der Waals surface area contributed by atoms with Crippen molar-refractivity contribution in [2.45, 2.75) is 37.9 Å². The third-order valence-corrected chi connectivity index (χ3v) is 5.27. The molecule has 6 nitrogen and oxygen atoms in total. The van der Waals surface area contributed by atoms with E-state index in [2.05, 4.69) is 21.6 Å². The van der Waals surface area contributed by atoms with Crippen LogP contribution in [-0.4, -0.2) is 32.0 Å². The van der Waals surface area contributed by atoms with E-state index in [4.69, 9.17) is 0 Å². The molecule has 1 amide bonds. The minimum Gasteiger partial charge on any atom is -0.337 e. The van der Waals surface area contributed by atoms with Gasteiger partial charge in [-0.15, -0.1) is 10.2 Å². The fourth-order valence-corrected chi connectivity index (χ4v) is 2.89. The quantitative estimate of drug-likeness (QED) is 0.770. The van der Waals surface area contributed by atoms with Gasteiger partial charge in [-0.3, -0.25) is 4.79 Å². The van der Waals surface area contributed by atoms with Gasteiger partial charge in [-0.05, 0) is 18.4 Å². The van der Waals surface area contributed by atoms with Crippen LogP contribution in [-0.2, 0) is 18.3 Å². The first-order chi connectivity index (χ1) is 11.9. The summed E-state index contributed by atoms with van der Waals surface area (Å²) in [7, 11) is 1.89. The summed E-state index contributed by atoms with van der Waals surface area (Å²) in [6.07, 6.45) is 0.691. The number of hydrogen-bond donors (Lipinski definition) is 1. The Bertz CT molecular complexity index is 766. The summed E-state index contributed by atoms with van der Waals surface area (Å²) in [4.78, 5) is 12.2. The second-order valence-corrected chi connectivity index (χ2v) is 7.37. The van der Waals surface area contributed by atoms with Gasteiger partial charge in [0, 0.05) is 13.5 Å². The summed E-state index contributed by atoms with van der Waals surface area (Å²) in [5.41, 5.74) is 0.296. The van der Waals surface area contributed by atoms with Crippen LogP contribution >= 0.6 is 11.8 Å². The fraction of sp³-hybridized carbons (Fsp3) is 0.444. The highest BCUT2D eigenvalue weighted by Gasteiger charge is 2.30. The van der Waals surface area contributed by atoms with E-state index in [-0.39, 0.29) is 17.6 Å². The molecule has 1 atom stereocenters. The minimum absolute atomic E-state index is 0.0266. The van der Waals surface area contributed by atoms with Crippen LogP contribution in [0.4, 0.5) is 0 Å². The monoisotopic (exact) mass is 357 g/mol. The number of benzene rings is 1. The third-order valence-electron chi connectivity index (χ3n) is 4.25. The number of amides is 1. The van der Waals surface area contributed by atoms with Gasteiger partial charge in [0.05, 0.1) is 11.8 Å². The van der Waals surface area contributed by atoms with Crippen molar-refractivity contribution in [3.63, 3.8) is 0 Å². The van der Waals surface area contributed by atoms with Gasteiger partial charge in [0.1, 0.15) is 11.4 Å². The molecule has 1 heterocycles. The van der Waals surface area contributed by atoms with E-state index in [1.165, 1.54) is 11.8 Å². The maximum Gasteiger partial charge on any atom is 0.231 e. The van der Waals surface area contributed by atoms with E-state index < -0.39 is 5.54 Å². The second-order valence-electron chi connectivity index (χ2n) is 6.43. The highest BCUT2D eigenvalue weighted by molar-refractivity contribution is 7.99. The molecule has 0 aliphatic rings. The van der Waals surface area contributed by atoms with Crippen molar-refractivity contribution in [1.29, 1.82) is 5.26 Å². The van der Waals surface area contributed by atoms with Crippen LogP contribution in [0.5, 0.6) is 0 Å². The van der Waals surface area contributed by atoms with Gasteiger partial charge in [0.2, 0.25) is 5.91 Å². The van der Waals surface area contributed by atoms with Gasteiger partial charge in [-0.25, -0.2) is 0 Å². The summed E-state index contributed by atoms with van der Waals surface area (Å²) in [6.45, 7) is 5.56. The zero-order valence-corrected chi connectivity index (χ0v) is 15.8. The van der Waals surface area contributed by atoms with E-state index in [0.717, 1.165) is 11.4 Å². The molecule has 0 saturated carbocycles. The molecule has 25 heavy (non-hydrogen) atoms. The molecule has 2 rings (SSSR count). The normalized spacial score (nSPS) is 13.3. The van der Waals surface area contributed by atoms with E-state index >= 15 is 0 Å². The number of aromatic nitrogens is 3. The Morgan fingerprint density at radius 1 is 1.36 bits per heavy atom. The lowest BCUT2D eigenvalue weighted by atomic mass is 9.90. The zero-order valence-electron chi connectivity index (χ0n) is 15.0. The molecule has 0 radical (unpaired) electrons. The number of hydrogen-bond acceptors (Lipinski definition) is 5. The minimum atomic E-state index is -0.865. The highest BCUT2D eigenvalue weighted by atomic mass is 32.2. The SMILES string of the molecule is CC(C)[C@](C)(C#N)NC(=O)CSc1nnc(Cc2ccccc2)n1C. The Morgan fingerprint density at radius 2 is 2.04 bits per heavy atom. The Kier molecular flexibility index (Phi) is 6.21. The van der Waals surface area contributed by atoms with Crippen molar-refractivity contribution in [2.75, 3.05) is 5.75 Å². The summed E-state index contributed by atoms with van der Waals surface area (Å²) in [5, 5.41) is 21.1. The average Bonchev–Trinajstić information content (AvgIpc) is 2.94. The van der Waals surface area contributed by atoms with Gasteiger partial charge in [-0.1, -0.05) is 55.9 Å². The molecule has 0 fully saturated rings. The standard InChI is InChI=1S/C18H23N5OS/c1-13(2)18(3,12-19)20-16(24)11-25-17-22-21-15(23(17)4)10-14-8-6-5-7-9-14/h5-9,13H,10-11H2,1-4H3,(H,20,24)/t18-/m0/s1. The average molecular weight is 357 g/mol. The molecule has 1 N–H and O–H groups in total. The molecule has 0 spiro atoms. The molecule has 1 aromatic carbocycles. The first-order valence-corrected chi connectivity index (χ1v) is 9.11. The molecule has 0 bridgehead atoms. The lowest BCUT2D eigenvalue weighted by molar-refractivity contribution is -0.120. The summed E-state index contributed by atoms with van der Waals surface area (Å²) < 4.78 is 1.90. The fourth-order valence-electron chi connectivity index (χ4n) is 2.16. The smallest absolute Gasteiger partial charge is 0.231 e. The first-order valence-electron chi connectivity index (χ1n) is 8.13. The summed E-state index contributed by atoms with van der Waals surface area (Å²) in [5.74, 6) is 0.883. The van der Waals surface area contributed by atoms with E-state index in [1.807, 2.05) is 55.8 Å². The Balaban J connectivity index is 1.96. The summed E-state index contributed by atoms with van der Waals surface area (Å²) >= 11 is 1.32. The Labute approximate surface area is 152 Å². The number of nitrogens with one attached hydrogen (secondary N) is 1. The van der Waals surface area contributed by atoms with Gasteiger partial charge in [0.25, 0.3) is 0 Å². The summed E-state index contributed by atoms with van der Waals surface area (Å²) in [6, 6.07) is 12.2. The molecule has 0 aliphatic heterocycles. The van der Waals surface area contributed by atoms with Gasteiger partial charge < -0.3 is 9.88 Å². The number of carbonyl (C=O) groups is 1. The molecule has 132 valence electrons. The van der Waals surface area contributed by atoms with Crippen LogP contribution < -0.4 is 5.32 Å². The van der Waals surface area contributed by atoms with Crippen molar-refractivity contribution in [3.8, 4) is 6.07 Å². The third kappa shape index (κ3) is 4.83. The predicted molar refractivity (Wildman–Crippen MR) is 98.0 cm³/mol. The number of thioether (sulfide) groups is 1. The highest BCUT2D eigenvalue weighted by Crippen LogP contribution is 2.19. The molecular weight excluding hydrogens is 334 g/mol.